The van der Waals surface area contributed by atoms with Crippen LogP contribution in [0.25, 0.3) is 0 Å². The normalized spacial score (nSPS) is 9.62. The zero-order valence-electron chi connectivity index (χ0n) is 4.19. The molecule has 1 rings (SSSR count). The number of hydrogen-bond donors (Lipinski definition) is 2. The van der Waals surface area contributed by atoms with Crippen molar-refractivity contribution in [2.24, 2.45) is 0 Å². The van der Waals surface area contributed by atoms with Gasteiger partial charge in [-0.15, -0.1) is 11.6 Å². The van der Waals surface area contributed by atoms with E-state index in [9.17, 15) is 0 Å². The highest BCUT2D eigenvalue weighted by Gasteiger charge is 1.90. The molecule has 1 aromatic heterocycles. The van der Waals surface area contributed by atoms with Gasteiger partial charge in [-0.1, -0.05) is 0 Å². The van der Waals surface area contributed by atoms with Gasteiger partial charge in [-0.25, -0.2) is 4.98 Å². The lowest BCUT2D eigenvalue weighted by molar-refractivity contribution is 1.23. The van der Waals surface area contributed by atoms with Crippen molar-refractivity contribution < 1.29 is 0 Å². The van der Waals surface area contributed by atoms with E-state index in [1.807, 2.05) is 0 Å². The van der Waals surface area contributed by atoms with Gasteiger partial charge in [0.15, 0.2) is 5.95 Å². The summed E-state index contributed by atoms with van der Waals surface area (Å²) in [5.74, 6) is 0.852. The minimum Gasteiger partial charge on any atom is -0.369 e. The maximum atomic E-state index is 5.41. The summed E-state index contributed by atoms with van der Waals surface area (Å²) in [6.07, 6.45) is 1.61. The second-order valence-electron chi connectivity index (χ2n) is 1.43. The third-order valence-corrected chi connectivity index (χ3v) is 1.08. The average molecular weight is 132 g/mol. The van der Waals surface area contributed by atoms with Crippen LogP contribution in [0, 0.1) is 0 Å². The van der Waals surface area contributed by atoms with Crippen LogP contribution >= 0.6 is 11.6 Å². The summed E-state index contributed by atoms with van der Waals surface area (Å²) in [4.78, 5) is 6.49. The van der Waals surface area contributed by atoms with E-state index in [2.05, 4.69) is 9.97 Å². The molecule has 0 saturated heterocycles. The van der Waals surface area contributed by atoms with Gasteiger partial charge in [0.25, 0.3) is 0 Å². The fraction of sp³-hybridized carbons (Fsp3) is 0.250. The van der Waals surface area contributed by atoms with E-state index in [-0.39, 0.29) is 0 Å². The zero-order chi connectivity index (χ0) is 5.98. The van der Waals surface area contributed by atoms with E-state index in [0.29, 0.717) is 11.8 Å². The van der Waals surface area contributed by atoms with E-state index in [0.717, 1.165) is 5.69 Å². The molecule has 1 heterocycles. The Bertz CT molecular complexity index is 172. The molecule has 0 radical (unpaired) electrons. The lowest BCUT2D eigenvalue weighted by Crippen LogP contribution is -1.85. The van der Waals surface area contributed by atoms with E-state index in [1.165, 1.54) is 0 Å². The van der Waals surface area contributed by atoms with E-state index >= 15 is 0 Å². The number of H-pyrrole nitrogens is 1. The monoisotopic (exact) mass is 131 g/mol. The lowest BCUT2D eigenvalue weighted by Gasteiger charge is -1.80. The first-order valence-electron chi connectivity index (χ1n) is 2.18. The Morgan fingerprint density at radius 3 is 2.88 bits per heavy atom. The molecule has 0 aliphatic heterocycles. The molecule has 4 heteroatoms. The fourth-order valence-electron chi connectivity index (χ4n) is 0.444. The Morgan fingerprint density at radius 2 is 2.62 bits per heavy atom. The number of aromatic amines is 1. The van der Waals surface area contributed by atoms with Gasteiger partial charge in [0.1, 0.15) is 0 Å². The van der Waals surface area contributed by atoms with Gasteiger partial charge >= 0.3 is 0 Å². The molecule has 8 heavy (non-hydrogen) atoms. The first-order chi connectivity index (χ1) is 3.83. The van der Waals surface area contributed by atoms with E-state index in [4.69, 9.17) is 17.3 Å². The standard InChI is InChI=1S/C4H6ClN3/c5-1-3-2-7-4(6)8-3/h2H,1H2,(H3,6,7,8). The molecule has 0 saturated carbocycles. The molecule has 0 aliphatic carbocycles. The molecule has 0 spiro atoms. The van der Waals surface area contributed by atoms with Crippen LogP contribution in [0.4, 0.5) is 5.95 Å². The Hall–Kier alpha value is -0.700. The summed E-state index contributed by atoms with van der Waals surface area (Å²) in [6, 6.07) is 0. The fourth-order valence-corrected chi connectivity index (χ4v) is 0.580. The van der Waals surface area contributed by atoms with Crippen molar-refractivity contribution >= 4 is 17.5 Å². The van der Waals surface area contributed by atoms with Gasteiger partial charge in [0.2, 0.25) is 0 Å². The number of rotatable bonds is 1. The first kappa shape index (κ1) is 5.44. The van der Waals surface area contributed by atoms with Crippen LogP contribution in [-0.4, -0.2) is 9.97 Å². The van der Waals surface area contributed by atoms with Crippen LogP contribution in [0.5, 0.6) is 0 Å². The van der Waals surface area contributed by atoms with Crippen LogP contribution < -0.4 is 5.73 Å². The van der Waals surface area contributed by atoms with Crippen LogP contribution in [0.2, 0.25) is 0 Å². The molecule has 0 aliphatic rings. The summed E-state index contributed by atoms with van der Waals surface area (Å²) in [7, 11) is 0. The van der Waals surface area contributed by atoms with Crippen LogP contribution in [-0.2, 0) is 5.88 Å². The number of nitrogens with one attached hydrogen (secondary N) is 1. The number of anilines is 1. The number of hydrogen-bond acceptors (Lipinski definition) is 2. The van der Waals surface area contributed by atoms with Gasteiger partial charge in [-0.2, -0.15) is 0 Å². The van der Waals surface area contributed by atoms with Gasteiger partial charge in [0, 0.05) is 0 Å². The molecule has 3 N–H and O–H groups in total. The van der Waals surface area contributed by atoms with Crippen LogP contribution in [0.3, 0.4) is 0 Å². The van der Waals surface area contributed by atoms with Crippen molar-refractivity contribution in [3.8, 4) is 0 Å². The van der Waals surface area contributed by atoms with Crippen molar-refractivity contribution in [1.29, 1.82) is 0 Å². The van der Waals surface area contributed by atoms with Crippen molar-refractivity contribution in [2.75, 3.05) is 5.73 Å². The van der Waals surface area contributed by atoms with Crippen LogP contribution in [0.15, 0.2) is 6.20 Å². The van der Waals surface area contributed by atoms with Crippen LogP contribution in [0.1, 0.15) is 5.69 Å². The van der Waals surface area contributed by atoms with Gasteiger partial charge < -0.3 is 10.7 Å². The topological polar surface area (TPSA) is 54.7 Å². The summed E-state index contributed by atoms with van der Waals surface area (Å²) in [6.45, 7) is 0. The number of nitrogens with two attached hydrogens (primary N) is 1. The quantitative estimate of drug-likeness (QED) is 0.552. The second-order valence-corrected chi connectivity index (χ2v) is 1.69. The van der Waals surface area contributed by atoms with Gasteiger partial charge in [0.05, 0.1) is 17.8 Å². The molecule has 44 valence electrons. The number of imidazole rings is 1. The predicted molar refractivity (Wildman–Crippen MR) is 32.6 cm³/mol. The summed E-state index contributed by atoms with van der Waals surface area (Å²) < 4.78 is 0. The first-order valence-corrected chi connectivity index (χ1v) is 2.71. The Kier molecular flexibility index (Phi) is 1.39. The minimum atomic E-state index is 0.417. The average Bonchev–Trinajstić information content (AvgIpc) is 2.14. The zero-order valence-corrected chi connectivity index (χ0v) is 4.94. The number of nitrogens with zero attached hydrogens (tertiary/aromatic N) is 1. The lowest BCUT2D eigenvalue weighted by atomic mass is 10.6. The Balaban J connectivity index is 2.84. The number of nitrogen functional groups attached to an aromatic ring is 1. The Labute approximate surface area is 51.9 Å². The van der Waals surface area contributed by atoms with Gasteiger partial charge in [-0.3, -0.25) is 0 Å². The summed E-state index contributed by atoms with van der Waals surface area (Å²) in [5, 5.41) is 0. The highest BCUT2D eigenvalue weighted by molar-refractivity contribution is 6.16. The largest absolute Gasteiger partial charge is 0.369 e. The van der Waals surface area contributed by atoms with Crippen molar-refractivity contribution in [1.82, 2.24) is 9.97 Å². The SMILES string of the molecule is Nc1ncc(CCl)[nH]1. The maximum Gasteiger partial charge on any atom is 0.197 e. The maximum absolute atomic E-state index is 5.41. The molecule has 0 unspecified atom stereocenters. The van der Waals surface area contributed by atoms with Gasteiger partial charge in [-0.05, 0) is 0 Å². The number of aromatic nitrogens is 2. The van der Waals surface area contributed by atoms with Crippen molar-refractivity contribution in [3.05, 3.63) is 11.9 Å². The number of halogens is 1. The molecule has 0 bridgehead atoms. The smallest absolute Gasteiger partial charge is 0.197 e. The molecule has 3 nitrogen and oxygen atoms in total. The molecular formula is C4H6ClN3. The van der Waals surface area contributed by atoms with Crippen molar-refractivity contribution in [2.45, 2.75) is 5.88 Å². The van der Waals surface area contributed by atoms with E-state index < -0.39 is 0 Å². The summed E-state index contributed by atoms with van der Waals surface area (Å²) in [5.41, 5.74) is 6.08. The summed E-state index contributed by atoms with van der Waals surface area (Å²) >= 11 is 5.41. The molecular weight excluding hydrogens is 126 g/mol. The molecule has 0 atom stereocenters. The molecule has 0 fully saturated rings. The van der Waals surface area contributed by atoms with Crippen molar-refractivity contribution in [3.63, 3.8) is 0 Å². The second kappa shape index (κ2) is 2.05. The highest BCUT2D eigenvalue weighted by atomic mass is 35.5. The van der Waals surface area contributed by atoms with E-state index in [1.54, 1.807) is 6.20 Å². The molecule has 0 aromatic carbocycles. The molecule has 0 amide bonds. The molecule has 1 aromatic rings. The predicted octanol–water partition coefficient (Wildman–Crippen LogP) is 0.731. The highest BCUT2D eigenvalue weighted by Crippen LogP contribution is 1.99. The number of alkyl halides is 1. The minimum absolute atomic E-state index is 0.417. The third-order valence-electron chi connectivity index (χ3n) is 0.792. The third kappa shape index (κ3) is 0.924. The Morgan fingerprint density at radius 1 is 1.88 bits per heavy atom.